The molecule has 0 unspecified atom stereocenters. The Morgan fingerprint density at radius 2 is 1.90 bits per heavy atom. The average molecular weight is 318 g/mol. The van der Waals surface area contributed by atoms with Crippen LogP contribution in [0.4, 0.5) is 19.0 Å². The molecule has 0 atom stereocenters. The maximum Gasteiger partial charge on any atom is 0.451 e. The second-order valence-electron chi connectivity index (χ2n) is 4.17. The van der Waals surface area contributed by atoms with Gasteiger partial charge in [-0.1, -0.05) is 17.7 Å². The first kappa shape index (κ1) is 15.4. The molecular weight excluding hydrogens is 307 g/mol. The molecule has 0 fully saturated rings. The summed E-state index contributed by atoms with van der Waals surface area (Å²) in [6, 6.07) is 6.13. The number of rotatable bonds is 3. The molecule has 1 N–H and O–H groups in total. The predicted octanol–water partition coefficient (Wildman–Crippen LogP) is 4.29. The molecule has 0 saturated carbocycles. The fourth-order valence-corrected chi connectivity index (χ4v) is 1.69. The molecule has 0 aliphatic carbocycles. The van der Waals surface area contributed by atoms with Crippen molar-refractivity contribution in [1.82, 2.24) is 9.97 Å². The van der Waals surface area contributed by atoms with Gasteiger partial charge in [-0.25, -0.2) is 4.98 Å². The number of anilines is 1. The van der Waals surface area contributed by atoms with Gasteiger partial charge in [0.05, 0.1) is 0 Å². The van der Waals surface area contributed by atoms with Gasteiger partial charge in [0.2, 0.25) is 11.7 Å². The summed E-state index contributed by atoms with van der Waals surface area (Å²) in [5.74, 6) is -1.15. The van der Waals surface area contributed by atoms with Crippen molar-refractivity contribution in [3.8, 4) is 11.6 Å². The van der Waals surface area contributed by atoms with Crippen molar-refractivity contribution in [3.05, 3.63) is 40.7 Å². The Balaban J connectivity index is 2.42. The van der Waals surface area contributed by atoms with Crippen LogP contribution in [-0.2, 0) is 6.18 Å². The van der Waals surface area contributed by atoms with Crippen molar-refractivity contribution in [3.63, 3.8) is 0 Å². The van der Waals surface area contributed by atoms with Crippen LogP contribution >= 0.6 is 11.6 Å². The third-order valence-corrected chi connectivity index (χ3v) is 2.81. The van der Waals surface area contributed by atoms with Crippen molar-refractivity contribution in [2.24, 2.45) is 0 Å². The Bertz CT molecular complexity index is 662. The lowest BCUT2D eigenvalue weighted by molar-refractivity contribution is -0.145. The highest BCUT2D eigenvalue weighted by Crippen LogP contribution is 2.32. The van der Waals surface area contributed by atoms with Gasteiger partial charge in [0.25, 0.3) is 0 Å². The Morgan fingerprint density at radius 1 is 1.19 bits per heavy atom. The molecule has 0 aliphatic heterocycles. The molecule has 0 spiro atoms. The van der Waals surface area contributed by atoms with Gasteiger partial charge in [0, 0.05) is 18.1 Å². The lowest BCUT2D eigenvalue weighted by Crippen LogP contribution is -2.13. The second kappa shape index (κ2) is 5.77. The first-order valence-electron chi connectivity index (χ1n) is 5.87. The third-order valence-electron chi connectivity index (χ3n) is 2.58. The molecule has 8 heteroatoms. The number of halogens is 4. The minimum atomic E-state index is -4.66. The van der Waals surface area contributed by atoms with Crippen LogP contribution in [0.5, 0.6) is 11.6 Å². The second-order valence-corrected chi connectivity index (χ2v) is 4.61. The van der Waals surface area contributed by atoms with Gasteiger partial charge in [-0.3, -0.25) is 0 Å². The highest BCUT2D eigenvalue weighted by Gasteiger charge is 2.35. The van der Waals surface area contributed by atoms with Crippen LogP contribution in [-0.4, -0.2) is 17.0 Å². The molecule has 0 radical (unpaired) electrons. The number of hydrogen-bond donors (Lipinski definition) is 1. The summed E-state index contributed by atoms with van der Waals surface area (Å²) in [5, 5.41) is 2.95. The maximum absolute atomic E-state index is 12.7. The van der Waals surface area contributed by atoms with E-state index in [1.165, 1.54) is 19.2 Å². The van der Waals surface area contributed by atoms with E-state index >= 15 is 0 Å². The summed E-state index contributed by atoms with van der Waals surface area (Å²) in [6.07, 6.45) is -4.66. The van der Waals surface area contributed by atoms with Crippen molar-refractivity contribution in [1.29, 1.82) is 0 Å². The van der Waals surface area contributed by atoms with E-state index in [1.807, 2.05) is 0 Å². The summed E-state index contributed by atoms with van der Waals surface area (Å²) >= 11 is 5.84. The molecule has 4 nitrogen and oxygen atoms in total. The molecule has 0 aliphatic rings. The smallest absolute Gasteiger partial charge is 0.438 e. The van der Waals surface area contributed by atoms with Crippen LogP contribution in [0.25, 0.3) is 0 Å². The number of alkyl halides is 3. The highest BCUT2D eigenvalue weighted by atomic mass is 35.5. The number of nitrogens with zero attached hydrogens (tertiary/aromatic N) is 2. The molecule has 21 heavy (non-hydrogen) atoms. The van der Waals surface area contributed by atoms with Gasteiger partial charge in [0.1, 0.15) is 11.6 Å². The molecule has 2 aromatic rings. The predicted molar refractivity (Wildman–Crippen MR) is 72.8 cm³/mol. The number of aryl methyl sites for hydroxylation is 1. The van der Waals surface area contributed by atoms with Crippen LogP contribution in [0.15, 0.2) is 24.3 Å². The van der Waals surface area contributed by atoms with Crippen molar-refractivity contribution in [2.45, 2.75) is 13.1 Å². The van der Waals surface area contributed by atoms with Crippen LogP contribution in [0, 0.1) is 6.92 Å². The number of hydrogen-bond acceptors (Lipinski definition) is 4. The summed E-state index contributed by atoms with van der Waals surface area (Å²) in [5.41, 5.74) is 0.720. The van der Waals surface area contributed by atoms with Gasteiger partial charge in [0.15, 0.2) is 0 Å². The van der Waals surface area contributed by atoms with Gasteiger partial charge in [-0.15, -0.1) is 0 Å². The molecule has 0 saturated heterocycles. The number of nitrogens with one attached hydrogen (secondary N) is 1. The zero-order chi connectivity index (χ0) is 15.6. The molecule has 112 valence electrons. The third kappa shape index (κ3) is 3.75. The van der Waals surface area contributed by atoms with E-state index in [4.69, 9.17) is 16.3 Å². The van der Waals surface area contributed by atoms with Crippen LogP contribution in [0.2, 0.25) is 5.02 Å². The minimum Gasteiger partial charge on any atom is -0.438 e. The van der Waals surface area contributed by atoms with E-state index in [2.05, 4.69) is 15.3 Å². The Kier molecular flexibility index (Phi) is 4.22. The summed E-state index contributed by atoms with van der Waals surface area (Å²) < 4.78 is 43.6. The van der Waals surface area contributed by atoms with Crippen molar-refractivity contribution >= 4 is 17.4 Å². The van der Waals surface area contributed by atoms with E-state index in [0.717, 1.165) is 5.56 Å². The van der Waals surface area contributed by atoms with Gasteiger partial charge in [-0.2, -0.15) is 18.2 Å². The number of ether oxygens (including phenoxy) is 1. The summed E-state index contributed by atoms with van der Waals surface area (Å²) in [7, 11) is 1.46. The van der Waals surface area contributed by atoms with Gasteiger partial charge >= 0.3 is 6.18 Å². The first-order valence-corrected chi connectivity index (χ1v) is 6.25. The summed E-state index contributed by atoms with van der Waals surface area (Å²) in [4.78, 5) is 6.73. The largest absolute Gasteiger partial charge is 0.451 e. The molecule has 1 aromatic carbocycles. The standard InChI is InChI=1S/C13H11ClF3N3O/c1-7-3-4-8(14)5-9(7)21-11-6-10(18-2)19-12(20-11)13(15,16)17/h3-6H,1-2H3,(H,18,19,20). The normalized spacial score (nSPS) is 11.3. The Labute approximate surface area is 123 Å². The van der Waals surface area contributed by atoms with E-state index < -0.39 is 12.0 Å². The van der Waals surface area contributed by atoms with Crippen molar-refractivity contribution < 1.29 is 17.9 Å². The van der Waals surface area contributed by atoms with Crippen LogP contribution < -0.4 is 10.1 Å². The first-order chi connectivity index (χ1) is 9.79. The SMILES string of the molecule is CNc1cc(Oc2cc(Cl)ccc2C)nc(C(F)(F)F)n1. The maximum atomic E-state index is 12.7. The zero-order valence-corrected chi connectivity index (χ0v) is 11.9. The van der Waals surface area contributed by atoms with E-state index in [0.29, 0.717) is 10.8 Å². The van der Waals surface area contributed by atoms with E-state index in [-0.39, 0.29) is 11.7 Å². The molecule has 0 bridgehead atoms. The number of aromatic nitrogens is 2. The highest BCUT2D eigenvalue weighted by molar-refractivity contribution is 6.30. The van der Waals surface area contributed by atoms with E-state index in [9.17, 15) is 13.2 Å². The topological polar surface area (TPSA) is 47.0 Å². The molecule has 2 rings (SSSR count). The fourth-order valence-electron chi connectivity index (χ4n) is 1.53. The molecule has 0 amide bonds. The lowest BCUT2D eigenvalue weighted by atomic mass is 10.2. The lowest BCUT2D eigenvalue weighted by Gasteiger charge is -2.12. The van der Waals surface area contributed by atoms with Gasteiger partial charge < -0.3 is 10.1 Å². The van der Waals surface area contributed by atoms with Crippen molar-refractivity contribution in [2.75, 3.05) is 12.4 Å². The Morgan fingerprint density at radius 3 is 2.52 bits per heavy atom. The monoisotopic (exact) mass is 317 g/mol. The Hall–Kier alpha value is -2.02. The quantitative estimate of drug-likeness (QED) is 0.917. The van der Waals surface area contributed by atoms with Crippen LogP contribution in [0.1, 0.15) is 11.4 Å². The minimum absolute atomic E-state index is 0.00649. The van der Waals surface area contributed by atoms with Crippen LogP contribution in [0.3, 0.4) is 0 Å². The van der Waals surface area contributed by atoms with E-state index in [1.54, 1.807) is 19.1 Å². The zero-order valence-electron chi connectivity index (χ0n) is 11.1. The average Bonchev–Trinajstić information content (AvgIpc) is 2.41. The summed E-state index contributed by atoms with van der Waals surface area (Å²) in [6.45, 7) is 1.75. The molecule has 1 aromatic heterocycles. The fraction of sp³-hybridized carbons (Fsp3) is 0.231. The number of benzene rings is 1. The van der Waals surface area contributed by atoms with Gasteiger partial charge in [-0.05, 0) is 24.6 Å². The molecule has 1 heterocycles. The molecular formula is C13H11ClF3N3O.